The van der Waals surface area contributed by atoms with Crippen molar-refractivity contribution in [3.8, 4) is 0 Å². The summed E-state index contributed by atoms with van der Waals surface area (Å²) in [6.07, 6.45) is 3.50. The Balaban J connectivity index is 2.08. The molecule has 0 saturated carbocycles. The highest BCUT2D eigenvalue weighted by Gasteiger charge is 2.34. The van der Waals surface area contributed by atoms with Crippen LogP contribution in [-0.4, -0.2) is 125 Å². The maximum atomic E-state index is 14.3. The largest absolute Gasteiger partial charge is 0.480 e. The number of rotatable bonds is 15. The predicted octanol–water partition coefficient (Wildman–Crippen LogP) is 0.227. The fraction of sp³-hybridized carbons (Fsp3) is 0.440. The molecule has 0 radical (unpaired) electrons. The number of aliphatic imine (C=N–C) groups is 1. The van der Waals surface area contributed by atoms with Crippen LogP contribution in [0.5, 0.6) is 0 Å². The molecule has 1 fully saturated rings. The molecular formula is C50H68N10O12. The smallest absolute Gasteiger partial charge is 0.326 e. The SMILES string of the molecule is C=C1NC(=O)CC[C@H](C(=O)O)NC(=O)[C@@H](C)[C@H](/C=C/C(C)=C/[C@H](C)[C@H](Cc2ccccc2)OC)NC(=O)[C@H](CCCN=C(N)N)NC(=O)C[C@H](C(=O)O)NC(=O)[C@H](Cc2ccccc2)NC(=O)[C@@H](C)NC1=O. The van der Waals surface area contributed by atoms with Crippen LogP contribution in [0, 0.1) is 11.8 Å². The second-order valence-electron chi connectivity index (χ2n) is 17.5. The van der Waals surface area contributed by atoms with Crippen LogP contribution in [0.3, 0.4) is 0 Å². The van der Waals surface area contributed by atoms with Crippen molar-refractivity contribution in [1.29, 1.82) is 0 Å². The molecule has 1 heterocycles. The van der Waals surface area contributed by atoms with E-state index < -0.39 is 120 Å². The van der Waals surface area contributed by atoms with Crippen molar-refractivity contribution in [2.24, 2.45) is 28.3 Å². The average molecular weight is 1000 g/mol. The lowest BCUT2D eigenvalue weighted by Gasteiger charge is -2.27. The summed E-state index contributed by atoms with van der Waals surface area (Å²) in [5.74, 6) is -11.1. The first kappa shape index (κ1) is 58.4. The molecule has 1 saturated heterocycles. The number of carboxylic acids is 2. The molecule has 2 aromatic rings. The van der Waals surface area contributed by atoms with Gasteiger partial charge in [0.15, 0.2) is 5.96 Å². The topological polar surface area (TPSA) is 352 Å². The molecule has 0 bridgehead atoms. The molecule has 0 aromatic heterocycles. The number of amides is 7. The second-order valence-corrected chi connectivity index (χ2v) is 17.5. The number of nitrogens with zero attached hydrogens (tertiary/aromatic N) is 1. The number of carbonyl (C=O) groups is 9. The van der Waals surface area contributed by atoms with Gasteiger partial charge in [-0.2, -0.15) is 0 Å². The summed E-state index contributed by atoms with van der Waals surface area (Å²) >= 11 is 0. The van der Waals surface area contributed by atoms with Gasteiger partial charge in [0.1, 0.15) is 30.2 Å². The lowest BCUT2D eigenvalue weighted by Crippen LogP contribution is -2.57. The van der Waals surface area contributed by atoms with Gasteiger partial charge in [0, 0.05) is 32.4 Å². The van der Waals surface area contributed by atoms with E-state index in [1.165, 1.54) is 19.9 Å². The number of hydrogen-bond acceptors (Lipinski definition) is 11. The zero-order valence-corrected chi connectivity index (χ0v) is 41.1. The zero-order chi connectivity index (χ0) is 53.5. The molecular weight excluding hydrogens is 933 g/mol. The van der Waals surface area contributed by atoms with Gasteiger partial charge in [-0.25, -0.2) is 9.59 Å². The van der Waals surface area contributed by atoms with E-state index >= 15 is 0 Å². The summed E-state index contributed by atoms with van der Waals surface area (Å²) in [5, 5.41) is 37.4. The van der Waals surface area contributed by atoms with Gasteiger partial charge in [0.2, 0.25) is 35.4 Å². The number of guanidine groups is 1. The monoisotopic (exact) mass is 1000 g/mol. The second kappa shape index (κ2) is 29.3. The molecule has 1 aliphatic rings. The Morgan fingerprint density at radius 1 is 0.792 bits per heavy atom. The summed E-state index contributed by atoms with van der Waals surface area (Å²) in [6.45, 7) is 10.0. The highest BCUT2D eigenvalue weighted by atomic mass is 16.5. The molecule has 0 unspecified atom stereocenters. The maximum Gasteiger partial charge on any atom is 0.326 e. The third-order valence-electron chi connectivity index (χ3n) is 11.6. The van der Waals surface area contributed by atoms with E-state index in [1.54, 1.807) is 50.4 Å². The Morgan fingerprint density at radius 2 is 1.39 bits per heavy atom. The first-order valence-corrected chi connectivity index (χ1v) is 23.4. The lowest BCUT2D eigenvalue weighted by atomic mass is 9.94. The first-order valence-electron chi connectivity index (χ1n) is 23.4. The number of carbonyl (C=O) groups excluding carboxylic acids is 7. The van der Waals surface area contributed by atoms with Crippen LogP contribution in [0.1, 0.15) is 70.9 Å². The van der Waals surface area contributed by atoms with Crippen LogP contribution in [0.4, 0.5) is 0 Å². The van der Waals surface area contributed by atoms with Gasteiger partial charge in [-0.1, -0.05) is 105 Å². The summed E-state index contributed by atoms with van der Waals surface area (Å²) in [7, 11) is 1.61. The van der Waals surface area contributed by atoms with Crippen molar-refractivity contribution in [3.05, 3.63) is 108 Å². The highest BCUT2D eigenvalue weighted by Crippen LogP contribution is 2.18. The molecule has 13 N–H and O–H groups in total. The van der Waals surface area contributed by atoms with Crippen LogP contribution in [-0.2, 0) is 60.7 Å². The molecule has 3 rings (SSSR count). The molecule has 390 valence electrons. The Kier molecular flexibility index (Phi) is 23.8. The van der Waals surface area contributed by atoms with E-state index in [1.807, 2.05) is 43.3 Å². The van der Waals surface area contributed by atoms with Crippen molar-refractivity contribution in [2.45, 2.75) is 115 Å². The molecule has 72 heavy (non-hydrogen) atoms. The normalized spacial score (nSPS) is 23.8. The van der Waals surface area contributed by atoms with E-state index in [9.17, 15) is 53.4 Å². The van der Waals surface area contributed by atoms with Crippen LogP contribution < -0.4 is 48.7 Å². The predicted molar refractivity (Wildman–Crippen MR) is 266 cm³/mol. The van der Waals surface area contributed by atoms with Gasteiger partial charge in [-0.3, -0.25) is 38.6 Å². The van der Waals surface area contributed by atoms with Crippen molar-refractivity contribution in [1.82, 2.24) is 37.2 Å². The van der Waals surface area contributed by atoms with Crippen molar-refractivity contribution in [2.75, 3.05) is 13.7 Å². The Labute approximate surface area is 418 Å². The van der Waals surface area contributed by atoms with E-state index in [0.29, 0.717) is 17.6 Å². The molecule has 2 aromatic carbocycles. The average Bonchev–Trinajstić information content (AvgIpc) is 3.33. The molecule has 1 aliphatic heterocycles. The van der Waals surface area contributed by atoms with Crippen molar-refractivity contribution in [3.63, 3.8) is 0 Å². The minimum Gasteiger partial charge on any atom is -0.480 e. The fourth-order valence-electron chi connectivity index (χ4n) is 7.44. The minimum atomic E-state index is -1.89. The minimum absolute atomic E-state index is 0.0202. The standard InChI is InChI=1S/C50H68N10O12/c1-28(24-29(2)40(72-6)26-34-16-11-8-12-17-34)19-20-35-30(3)43(63)58-37(48(68)69)21-22-41(61)54-31(4)44(64)55-32(5)45(65)59-38(25-33-14-9-7-10-15-33)47(67)60-39(49(70)71)27-42(62)56-36(46(66)57-35)18-13-23-53-50(51)52/h7-12,14-17,19-20,24,29-30,32,35-40H,4,13,18,21-23,25-27H2,1-3,5-6H3,(H,54,61)(H,55,64)(H,56,62)(H,57,66)(H,58,63)(H,59,65)(H,60,67)(H,68,69)(H,70,71)(H4,51,52,53)/b20-19+,28-24+/t29-,30-,32+,35-,36-,37+,38-,39+,40-/m0/s1. The van der Waals surface area contributed by atoms with Gasteiger partial charge in [0.25, 0.3) is 5.91 Å². The van der Waals surface area contributed by atoms with Gasteiger partial charge < -0.3 is 63.6 Å². The number of methoxy groups -OCH3 is 1. The summed E-state index contributed by atoms with van der Waals surface area (Å²) in [5.41, 5.74) is 12.8. The van der Waals surface area contributed by atoms with E-state index in [0.717, 1.165) is 5.56 Å². The quantitative estimate of drug-likeness (QED) is 0.0374. The number of nitrogens with one attached hydrogen (secondary N) is 7. The van der Waals surface area contributed by atoms with Gasteiger partial charge in [-0.15, -0.1) is 0 Å². The maximum absolute atomic E-state index is 14.3. The molecule has 0 spiro atoms. The Hall–Kier alpha value is -7.88. The first-order chi connectivity index (χ1) is 34.1. The van der Waals surface area contributed by atoms with Crippen LogP contribution in [0.2, 0.25) is 0 Å². The lowest BCUT2D eigenvalue weighted by molar-refractivity contribution is -0.144. The number of benzene rings is 2. The van der Waals surface area contributed by atoms with Gasteiger partial charge in [0.05, 0.1) is 30.2 Å². The third-order valence-corrected chi connectivity index (χ3v) is 11.6. The summed E-state index contributed by atoms with van der Waals surface area (Å²) < 4.78 is 5.81. The summed E-state index contributed by atoms with van der Waals surface area (Å²) in [4.78, 5) is 124. The zero-order valence-electron chi connectivity index (χ0n) is 41.1. The number of aliphatic carboxylic acids is 2. The molecule has 9 atom stereocenters. The fourth-order valence-corrected chi connectivity index (χ4v) is 7.44. The summed E-state index contributed by atoms with van der Waals surface area (Å²) in [6, 6.07) is 9.21. The number of allylic oxidation sites excluding steroid dienone is 2. The number of hydrogen-bond donors (Lipinski definition) is 11. The van der Waals surface area contributed by atoms with Gasteiger partial charge >= 0.3 is 11.9 Å². The van der Waals surface area contributed by atoms with Crippen LogP contribution >= 0.6 is 0 Å². The number of nitrogens with two attached hydrogens (primary N) is 2. The van der Waals surface area contributed by atoms with Gasteiger partial charge in [-0.05, 0) is 50.7 Å². The highest BCUT2D eigenvalue weighted by molar-refractivity contribution is 6.00. The number of carboxylic acid groups (broad SMARTS) is 2. The van der Waals surface area contributed by atoms with Crippen LogP contribution in [0.15, 0.2) is 102 Å². The molecule has 22 nitrogen and oxygen atoms in total. The third kappa shape index (κ3) is 20.2. The molecule has 0 aliphatic carbocycles. The molecule has 7 amide bonds. The van der Waals surface area contributed by atoms with E-state index in [2.05, 4.69) is 48.8 Å². The number of ether oxygens (including phenoxy) is 1. The van der Waals surface area contributed by atoms with Crippen LogP contribution in [0.25, 0.3) is 0 Å². The van der Waals surface area contributed by atoms with Crippen molar-refractivity contribution >= 4 is 59.2 Å². The Morgan fingerprint density at radius 3 is 1.99 bits per heavy atom. The van der Waals surface area contributed by atoms with Crippen molar-refractivity contribution < 1.29 is 58.1 Å². The van der Waals surface area contributed by atoms with E-state index in [4.69, 9.17) is 16.2 Å². The molecule has 22 heteroatoms. The Bertz CT molecular complexity index is 2340. The van der Waals surface area contributed by atoms with E-state index in [-0.39, 0.29) is 43.8 Å².